The van der Waals surface area contributed by atoms with Gasteiger partial charge in [0.1, 0.15) is 5.60 Å². The minimum Gasteiger partial charge on any atom is -0.456 e. The van der Waals surface area contributed by atoms with Gasteiger partial charge in [-0.3, -0.25) is 0 Å². The quantitative estimate of drug-likeness (QED) is 0.401. The van der Waals surface area contributed by atoms with Gasteiger partial charge in [-0.05, 0) is 69.1 Å². The van der Waals surface area contributed by atoms with Gasteiger partial charge in [-0.15, -0.1) is 0 Å². The molecule has 4 saturated carbocycles. The summed E-state index contributed by atoms with van der Waals surface area (Å²) >= 11 is 0. The summed E-state index contributed by atoms with van der Waals surface area (Å²) in [5.41, 5.74) is 0.577. The molecule has 20 heavy (non-hydrogen) atoms. The first-order valence-corrected chi connectivity index (χ1v) is 8.51. The van der Waals surface area contributed by atoms with Gasteiger partial charge < -0.3 is 4.74 Å². The van der Waals surface area contributed by atoms with Crippen LogP contribution in [0.2, 0.25) is 0 Å². The first-order valence-electron chi connectivity index (χ1n) is 8.51. The van der Waals surface area contributed by atoms with E-state index in [1.54, 1.807) is 0 Å². The van der Waals surface area contributed by atoms with E-state index in [0.717, 1.165) is 49.9 Å². The molecule has 0 aliphatic heterocycles. The van der Waals surface area contributed by atoms with Gasteiger partial charge in [-0.25, -0.2) is 4.79 Å². The van der Waals surface area contributed by atoms with Crippen LogP contribution < -0.4 is 0 Å². The van der Waals surface area contributed by atoms with Gasteiger partial charge in [0.2, 0.25) is 0 Å². The van der Waals surface area contributed by atoms with Gasteiger partial charge in [-0.2, -0.15) is 0 Å². The molecule has 0 heterocycles. The van der Waals surface area contributed by atoms with Crippen molar-refractivity contribution in [1.82, 2.24) is 0 Å². The van der Waals surface area contributed by atoms with Crippen LogP contribution in [0.4, 0.5) is 0 Å². The Bertz CT molecular complexity index is 361. The monoisotopic (exact) mass is 276 g/mol. The van der Waals surface area contributed by atoms with Gasteiger partial charge in [0.15, 0.2) is 0 Å². The van der Waals surface area contributed by atoms with Gasteiger partial charge in [0.25, 0.3) is 0 Å². The number of esters is 1. The molecule has 0 amide bonds. The predicted octanol–water partition coefficient (Wildman–Crippen LogP) is 4.63. The number of hydrogen-bond donors (Lipinski definition) is 0. The Labute approximate surface area is 123 Å². The van der Waals surface area contributed by atoms with Crippen molar-refractivity contribution in [2.24, 2.45) is 17.8 Å². The average Bonchev–Trinajstić information content (AvgIpc) is 2.36. The molecular formula is C18H28O2. The van der Waals surface area contributed by atoms with Crippen molar-refractivity contribution in [2.45, 2.75) is 76.7 Å². The minimum absolute atomic E-state index is 0.108. The Morgan fingerprint density at radius 2 is 1.65 bits per heavy atom. The SMILES string of the molecule is C=C(CCCCC)C(=O)OC12CC3CC(CC(C3)C1)C2. The molecule has 0 radical (unpaired) electrons. The third-order valence-corrected chi connectivity index (χ3v) is 5.66. The summed E-state index contributed by atoms with van der Waals surface area (Å²) in [6.45, 7) is 6.13. The van der Waals surface area contributed by atoms with Crippen LogP contribution in [0.1, 0.15) is 71.1 Å². The molecule has 0 atom stereocenters. The second-order valence-electron chi connectivity index (χ2n) is 7.55. The van der Waals surface area contributed by atoms with Crippen LogP contribution in [-0.2, 0) is 9.53 Å². The van der Waals surface area contributed by atoms with E-state index in [1.165, 1.54) is 32.1 Å². The predicted molar refractivity (Wildman–Crippen MR) is 80.3 cm³/mol. The number of ether oxygens (including phenoxy) is 1. The van der Waals surface area contributed by atoms with E-state index < -0.39 is 0 Å². The van der Waals surface area contributed by atoms with Crippen LogP contribution in [-0.4, -0.2) is 11.6 Å². The molecule has 0 aromatic carbocycles. The van der Waals surface area contributed by atoms with Crippen LogP contribution in [0.25, 0.3) is 0 Å². The van der Waals surface area contributed by atoms with Gasteiger partial charge in [-0.1, -0.05) is 26.3 Å². The van der Waals surface area contributed by atoms with Gasteiger partial charge >= 0.3 is 5.97 Å². The molecular weight excluding hydrogens is 248 g/mol. The zero-order chi connectivity index (χ0) is 14.2. The molecule has 2 heteroatoms. The molecule has 0 N–H and O–H groups in total. The van der Waals surface area contributed by atoms with E-state index in [2.05, 4.69) is 13.5 Å². The summed E-state index contributed by atoms with van der Waals surface area (Å²) in [5.74, 6) is 2.36. The summed E-state index contributed by atoms with van der Waals surface area (Å²) in [7, 11) is 0. The molecule has 0 saturated heterocycles. The van der Waals surface area contributed by atoms with E-state index in [1.807, 2.05) is 0 Å². The molecule has 2 nitrogen and oxygen atoms in total. The van der Waals surface area contributed by atoms with Crippen molar-refractivity contribution in [3.8, 4) is 0 Å². The molecule has 112 valence electrons. The highest BCUT2D eigenvalue weighted by Crippen LogP contribution is 2.57. The maximum atomic E-state index is 12.3. The lowest BCUT2D eigenvalue weighted by molar-refractivity contribution is -0.182. The van der Waals surface area contributed by atoms with Crippen molar-refractivity contribution >= 4 is 5.97 Å². The Hall–Kier alpha value is -0.790. The molecule has 4 rings (SSSR count). The Kier molecular flexibility index (Phi) is 3.92. The molecule has 0 spiro atoms. The van der Waals surface area contributed by atoms with E-state index in [4.69, 9.17) is 4.74 Å². The first kappa shape index (κ1) is 14.2. The number of carbonyl (C=O) groups excluding carboxylic acids is 1. The minimum atomic E-state index is -0.112. The Morgan fingerprint density at radius 3 is 2.15 bits per heavy atom. The van der Waals surface area contributed by atoms with Crippen molar-refractivity contribution in [3.05, 3.63) is 12.2 Å². The van der Waals surface area contributed by atoms with Crippen molar-refractivity contribution in [1.29, 1.82) is 0 Å². The van der Waals surface area contributed by atoms with Crippen molar-refractivity contribution in [3.63, 3.8) is 0 Å². The lowest BCUT2D eigenvalue weighted by Gasteiger charge is -2.55. The lowest BCUT2D eigenvalue weighted by Crippen LogP contribution is -2.52. The fraction of sp³-hybridized carbons (Fsp3) is 0.833. The Balaban J connectivity index is 1.57. The summed E-state index contributed by atoms with van der Waals surface area (Å²) < 4.78 is 6.00. The highest BCUT2D eigenvalue weighted by molar-refractivity contribution is 5.88. The van der Waals surface area contributed by atoms with Crippen LogP contribution in [0.3, 0.4) is 0 Å². The number of unbranched alkanes of at least 4 members (excludes halogenated alkanes) is 2. The average molecular weight is 276 g/mol. The zero-order valence-corrected chi connectivity index (χ0v) is 12.8. The van der Waals surface area contributed by atoms with E-state index in [0.29, 0.717) is 5.57 Å². The van der Waals surface area contributed by atoms with E-state index >= 15 is 0 Å². The smallest absolute Gasteiger partial charge is 0.333 e. The summed E-state index contributed by atoms with van der Waals surface area (Å²) in [4.78, 5) is 12.3. The standard InChI is InChI=1S/C18H28O2/c1-3-4-5-6-13(2)17(19)20-18-10-14-7-15(11-18)9-16(8-14)12-18/h14-16H,2-12H2,1H3. The number of rotatable bonds is 6. The summed E-state index contributed by atoms with van der Waals surface area (Å²) in [6, 6.07) is 0. The van der Waals surface area contributed by atoms with Crippen molar-refractivity contribution < 1.29 is 9.53 Å². The maximum absolute atomic E-state index is 12.3. The fourth-order valence-electron chi connectivity index (χ4n) is 5.12. The zero-order valence-electron chi connectivity index (χ0n) is 12.8. The van der Waals surface area contributed by atoms with Gasteiger partial charge in [0, 0.05) is 5.57 Å². The molecule has 0 unspecified atom stereocenters. The van der Waals surface area contributed by atoms with E-state index in [9.17, 15) is 4.79 Å². The third-order valence-electron chi connectivity index (χ3n) is 5.66. The normalized spacial score (nSPS) is 38.0. The number of carbonyl (C=O) groups is 1. The third kappa shape index (κ3) is 2.80. The topological polar surface area (TPSA) is 26.3 Å². The molecule has 4 bridgehead atoms. The second kappa shape index (κ2) is 5.54. The number of hydrogen-bond acceptors (Lipinski definition) is 2. The second-order valence-corrected chi connectivity index (χ2v) is 7.55. The molecule has 4 fully saturated rings. The molecule has 0 aromatic heterocycles. The largest absolute Gasteiger partial charge is 0.456 e. The van der Waals surface area contributed by atoms with Crippen LogP contribution >= 0.6 is 0 Å². The van der Waals surface area contributed by atoms with Crippen LogP contribution in [0.15, 0.2) is 12.2 Å². The lowest BCUT2D eigenvalue weighted by atomic mass is 9.54. The summed E-state index contributed by atoms with van der Waals surface area (Å²) in [6.07, 6.45) is 11.7. The highest BCUT2D eigenvalue weighted by atomic mass is 16.6. The van der Waals surface area contributed by atoms with Crippen molar-refractivity contribution in [2.75, 3.05) is 0 Å². The maximum Gasteiger partial charge on any atom is 0.333 e. The van der Waals surface area contributed by atoms with Crippen LogP contribution in [0, 0.1) is 17.8 Å². The Morgan fingerprint density at radius 1 is 1.10 bits per heavy atom. The fourth-order valence-corrected chi connectivity index (χ4v) is 5.12. The van der Waals surface area contributed by atoms with Crippen LogP contribution in [0.5, 0.6) is 0 Å². The summed E-state index contributed by atoms with van der Waals surface area (Å²) in [5, 5.41) is 0. The highest BCUT2D eigenvalue weighted by Gasteiger charge is 2.53. The first-order chi connectivity index (χ1) is 9.60. The molecule has 4 aliphatic rings. The molecule has 0 aromatic rings. The van der Waals surface area contributed by atoms with E-state index in [-0.39, 0.29) is 11.6 Å². The molecule has 4 aliphatic carbocycles. The van der Waals surface area contributed by atoms with Gasteiger partial charge in [0.05, 0.1) is 0 Å².